The Kier molecular flexibility index (Phi) is 5.73. The molecule has 0 saturated heterocycles. The Labute approximate surface area is 205 Å². The molecule has 170 valence electrons. The lowest BCUT2D eigenvalue weighted by Gasteiger charge is -2.05. The van der Waals surface area contributed by atoms with Crippen LogP contribution in [0.1, 0.15) is 10.4 Å². The molecule has 5 aromatic rings. The van der Waals surface area contributed by atoms with Crippen molar-refractivity contribution in [2.75, 3.05) is 7.11 Å². The first-order valence-electron chi connectivity index (χ1n) is 9.95. The van der Waals surface area contributed by atoms with E-state index >= 15 is 0 Å². The van der Waals surface area contributed by atoms with E-state index in [-0.39, 0.29) is 21.9 Å². The second-order valence-electron chi connectivity index (χ2n) is 7.34. The maximum absolute atomic E-state index is 13.1. The van der Waals surface area contributed by atoms with Gasteiger partial charge in [-0.3, -0.25) is 9.59 Å². The van der Waals surface area contributed by atoms with Gasteiger partial charge in [0.15, 0.2) is 4.80 Å². The summed E-state index contributed by atoms with van der Waals surface area (Å²) in [5, 5.41) is 3.06. The average molecular weight is 513 g/mol. The number of carbonyl (C=O) groups excluding carboxylic acids is 2. The van der Waals surface area contributed by atoms with Crippen molar-refractivity contribution < 1.29 is 18.7 Å². The number of hydrogen-bond acceptors (Lipinski definition) is 6. The first kappa shape index (κ1) is 22.3. The molecule has 0 unspecified atom stereocenters. The van der Waals surface area contributed by atoms with Crippen molar-refractivity contribution in [2.45, 2.75) is 6.54 Å². The summed E-state index contributed by atoms with van der Waals surface area (Å²) >= 11 is 13.6. The van der Waals surface area contributed by atoms with Gasteiger partial charge in [-0.2, -0.15) is 4.99 Å². The van der Waals surface area contributed by atoms with E-state index in [0.29, 0.717) is 26.2 Å². The molecule has 0 saturated carbocycles. The Hall–Kier alpha value is -3.46. The summed E-state index contributed by atoms with van der Waals surface area (Å²) in [5.41, 5.74) is -0.192. The van der Waals surface area contributed by atoms with E-state index in [4.69, 9.17) is 32.4 Å². The third-order valence-electron chi connectivity index (χ3n) is 5.28. The van der Waals surface area contributed by atoms with Gasteiger partial charge in [-0.15, -0.1) is 0 Å². The number of aromatic nitrogens is 1. The van der Waals surface area contributed by atoms with Crippen molar-refractivity contribution in [1.29, 1.82) is 0 Å². The van der Waals surface area contributed by atoms with Gasteiger partial charge in [0.25, 0.3) is 5.91 Å². The lowest BCUT2D eigenvalue weighted by Crippen LogP contribution is -2.23. The highest BCUT2D eigenvalue weighted by atomic mass is 35.5. The van der Waals surface area contributed by atoms with Gasteiger partial charge in [-0.1, -0.05) is 64.9 Å². The van der Waals surface area contributed by atoms with Gasteiger partial charge < -0.3 is 13.7 Å². The fourth-order valence-electron chi connectivity index (χ4n) is 3.72. The van der Waals surface area contributed by atoms with Crippen LogP contribution in [-0.4, -0.2) is 23.6 Å². The molecule has 0 aliphatic rings. The van der Waals surface area contributed by atoms with Crippen LogP contribution in [0.3, 0.4) is 0 Å². The zero-order valence-corrected chi connectivity index (χ0v) is 19.8. The predicted molar refractivity (Wildman–Crippen MR) is 132 cm³/mol. The number of carbonyl (C=O) groups is 2. The molecule has 0 spiro atoms. The van der Waals surface area contributed by atoms with Crippen molar-refractivity contribution in [1.82, 2.24) is 4.57 Å². The minimum absolute atomic E-state index is 0.159. The first-order valence-corrected chi connectivity index (χ1v) is 11.5. The van der Waals surface area contributed by atoms with Crippen LogP contribution in [0.4, 0.5) is 0 Å². The van der Waals surface area contributed by atoms with Gasteiger partial charge in [0.05, 0.1) is 22.3 Å². The van der Waals surface area contributed by atoms with Crippen molar-refractivity contribution in [2.24, 2.45) is 4.99 Å². The van der Waals surface area contributed by atoms with Crippen molar-refractivity contribution in [3.63, 3.8) is 0 Å². The van der Waals surface area contributed by atoms with E-state index in [1.807, 2.05) is 30.3 Å². The summed E-state index contributed by atoms with van der Waals surface area (Å²) in [7, 11) is 1.25. The van der Waals surface area contributed by atoms with Gasteiger partial charge in [0, 0.05) is 10.4 Å². The Balaban J connectivity index is 1.72. The number of nitrogens with zero attached hydrogens (tertiary/aromatic N) is 2. The van der Waals surface area contributed by atoms with Crippen LogP contribution < -0.4 is 10.4 Å². The fraction of sp³-hybridized carbons (Fsp3) is 0.0833. The molecule has 0 atom stereocenters. The molecular weight excluding hydrogens is 499 g/mol. The highest BCUT2D eigenvalue weighted by molar-refractivity contribution is 7.16. The molecule has 1 amide bonds. The number of fused-ring (bicyclic) bond motifs is 4. The van der Waals surface area contributed by atoms with E-state index in [2.05, 4.69) is 4.99 Å². The Morgan fingerprint density at radius 3 is 2.68 bits per heavy atom. The number of methoxy groups -OCH3 is 1. The summed E-state index contributed by atoms with van der Waals surface area (Å²) < 4.78 is 12.3. The van der Waals surface area contributed by atoms with Crippen molar-refractivity contribution in [3.8, 4) is 0 Å². The van der Waals surface area contributed by atoms with Gasteiger partial charge >= 0.3 is 11.6 Å². The van der Waals surface area contributed by atoms with Crippen LogP contribution in [0, 0.1) is 0 Å². The molecule has 0 aliphatic heterocycles. The number of esters is 1. The maximum atomic E-state index is 13.1. The van der Waals surface area contributed by atoms with Gasteiger partial charge in [0.2, 0.25) is 0 Å². The zero-order valence-electron chi connectivity index (χ0n) is 17.5. The summed E-state index contributed by atoms with van der Waals surface area (Å²) in [6, 6.07) is 15.8. The number of benzene rings is 3. The summed E-state index contributed by atoms with van der Waals surface area (Å²) in [6.07, 6.45) is 0. The zero-order chi connectivity index (χ0) is 24.0. The van der Waals surface area contributed by atoms with E-state index in [9.17, 15) is 14.4 Å². The normalized spacial score (nSPS) is 12.0. The molecule has 3 aromatic carbocycles. The highest BCUT2D eigenvalue weighted by Crippen LogP contribution is 2.30. The molecule has 0 fully saturated rings. The van der Waals surface area contributed by atoms with Crippen molar-refractivity contribution >= 4 is 78.4 Å². The quantitative estimate of drug-likeness (QED) is 0.188. The third-order valence-corrected chi connectivity index (χ3v) is 6.81. The molecule has 0 radical (unpaired) electrons. The van der Waals surface area contributed by atoms with E-state index in [1.165, 1.54) is 23.8 Å². The minimum Gasteiger partial charge on any atom is -0.468 e. The lowest BCUT2D eigenvalue weighted by atomic mass is 10.0. The maximum Gasteiger partial charge on any atom is 0.349 e. The van der Waals surface area contributed by atoms with Crippen LogP contribution in [0.15, 0.2) is 68.8 Å². The fourth-order valence-corrected chi connectivity index (χ4v) is 5.53. The van der Waals surface area contributed by atoms with Crippen LogP contribution in [0.5, 0.6) is 0 Å². The standard InChI is InChI=1S/C24H14Cl2N2O5S/c1-32-20(29)11-28-21-17(26)8-13(25)9-19(21)34-24(28)27-22(30)16-10-15-14-5-3-2-4-12(14)6-7-18(15)33-23(16)31/h2-10H,11H2,1H3. The molecule has 0 bridgehead atoms. The number of thiazole rings is 1. The molecule has 10 heteroatoms. The molecule has 0 N–H and O–H groups in total. The minimum atomic E-state index is -0.809. The smallest absolute Gasteiger partial charge is 0.349 e. The third kappa shape index (κ3) is 3.90. The molecule has 5 rings (SSSR count). The summed E-state index contributed by atoms with van der Waals surface area (Å²) in [5.74, 6) is -1.37. The number of ether oxygens (including phenoxy) is 1. The van der Waals surface area contributed by atoms with E-state index in [0.717, 1.165) is 22.1 Å². The average Bonchev–Trinajstić information content (AvgIpc) is 3.14. The molecule has 34 heavy (non-hydrogen) atoms. The second kappa shape index (κ2) is 8.72. The van der Waals surface area contributed by atoms with Gasteiger partial charge in [0.1, 0.15) is 17.7 Å². The van der Waals surface area contributed by atoms with E-state index in [1.54, 1.807) is 12.1 Å². The van der Waals surface area contributed by atoms with Crippen LogP contribution in [0.25, 0.3) is 32.0 Å². The number of rotatable bonds is 3. The molecule has 2 aromatic heterocycles. The SMILES string of the molecule is COC(=O)Cn1c(=NC(=O)c2cc3c(ccc4ccccc43)oc2=O)sc2cc(Cl)cc(Cl)c21. The lowest BCUT2D eigenvalue weighted by molar-refractivity contribution is -0.141. The Morgan fingerprint density at radius 2 is 1.88 bits per heavy atom. The van der Waals surface area contributed by atoms with Crippen LogP contribution >= 0.6 is 34.5 Å². The monoisotopic (exact) mass is 512 g/mol. The topological polar surface area (TPSA) is 90.9 Å². The highest BCUT2D eigenvalue weighted by Gasteiger charge is 2.18. The predicted octanol–water partition coefficient (Wildman–Crippen LogP) is 5.18. The number of amides is 1. The number of halogens is 2. The molecule has 2 heterocycles. The Bertz CT molecular complexity index is 1770. The summed E-state index contributed by atoms with van der Waals surface area (Å²) in [4.78, 5) is 42.1. The number of hydrogen-bond donors (Lipinski definition) is 0. The van der Waals surface area contributed by atoms with Gasteiger partial charge in [-0.25, -0.2) is 4.79 Å². The van der Waals surface area contributed by atoms with Crippen molar-refractivity contribution in [3.05, 3.63) is 85.4 Å². The molecule has 7 nitrogen and oxygen atoms in total. The molecular formula is C24H14Cl2N2O5S. The van der Waals surface area contributed by atoms with Crippen LogP contribution in [0.2, 0.25) is 10.0 Å². The first-order chi connectivity index (χ1) is 16.4. The molecule has 0 aliphatic carbocycles. The van der Waals surface area contributed by atoms with E-state index < -0.39 is 17.5 Å². The summed E-state index contributed by atoms with van der Waals surface area (Å²) in [6.45, 7) is -0.235. The Morgan fingerprint density at radius 1 is 1.09 bits per heavy atom. The second-order valence-corrected chi connectivity index (χ2v) is 9.20. The van der Waals surface area contributed by atoms with Crippen LogP contribution in [-0.2, 0) is 16.1 Å². The van der Waals surface area contributed by atoms with Gasteiger partial charge in [-0.05, 0) is 35.0 Å². The largest absolute Gasteiger partial charge is 0.468 e.